The Kier molecular flexibility index (Phi) is 7.01. The van der Waals surface area contributed by atoms with Crippen LogP contribution in [0.4, 0.5) is 0 Å². The zero-order chi connectivity index (χ0) is 11.8. The summed E-state index contributed by atoms with van der Waals surface area (Å²) < 4.78 is 5.43. The molecular weight excluding hydrogens is 200 g/mol. The molecule has 0 spiro atoms. The second-order valence-electron chi connectivity index (χ2n) is 5.06. The highest BCUT2D eigenvalue weighted by Gasteiger charge is 2.23. The maximum absolute atomic E-state index is 5.43. The lowest BCUT2D eigenvalue weighted by atomic mass is 10.1. The van der Waals surface area contributed by atoms with E-state index in [-0.39, 0.29) is 0 Å². The van der Waals surface area contributed by atoms with Crippen LogP contribution in [0.15, 0.2) is 0 Å². The van der Waals surface area contributed by atoms with E-state index in [1.165, 1.54) is 19.5 Å². The number of likely N-dealkylation sites (tertiary alicyclic amines) is 1. The summed E-state index contributed by atoms with van der Waals surface area (Å²) >= 11 is 0. The molecule has 1 unspecified atom stereocenters. The second-order valence-corrected chi connectivity index (χ2v) is 5.06. The third kappa shape index (κ3) is 5.28. The van der Waals surface area contributed by atoms with Crippen molar-refractivity contribution < 1.29 is 4.74 Å². The van der Waals surface area contributed by atoms with E-state index in [0.717, 1.165) is 38.6 Å². The molecule has 96 valence electrons. The summed E-state index contributed by atoms with van der Waals surface area (Å²) in [5.74, 6) is 0.841. The molecular formula is C13H28N2O. The van der Waals surface area contributed by atoms with E-state index in [1.54, 1.807) is 0 Å². The Morgan fingerprint density at radius 1 is 1.38 bits per heavy atom. The number of ether oxygens (including phenoxy) is 1. The van der Waals surface area contributed by atoms with Crippen molar-refractivity contribution in [1.29, 1.82) is 0 Å². The monoisotopic (exact) mass is 228 g/mol. The van der Waals surface area contributed by atoms with Crippen molar-refractivity contribution in [3.05, 3.63) is 0 Å². The quantitative estimate of drug-likeness (QED) is 0.640. The molecule has 1 aliphatic heterocycles. The van der Waals surface area contributed by atoms with Gasteiger partial charge in [-0.25, -0.2) is 0 Å². The van der Waals surface area contributed by atoms with Gasteiger partial charge >= 0.3 is 0 Å². The van der Waals surface area contributed by atoms with Gasteiger partial charge in [0.15, 0.2) is 0 Å². The standard InChI is InChI=1S/C13H28N2O/c1-4-8-16-9-6-14-10-13-5-7-15(11-13)12(2)3/h12-14H,4-11H2,1-3H3. The minimum Gasteiger partial charge on any atom is -0.380 e. The molecule has 0 aromatic carbocycles. The molecule has 0 radical (unpaired) electrons. The number of nitrogens with zero attached hydrogens (tertiary/aromatic N) is 1. The lowest BCUT2D eigenvalue weighted by Gasteiger charge is -2.20. The van der Waals surface area contributed by atoms with Gasteiger partial charge < -0.3 is 15.0 Å². The second kappa shape index (κ2) is 8.04. The third-order valence-electron chi connectivity index (χ3n) is 3.25. The van der Waals surface area contributed by atoms with E-state index in [4.69, 9.17) is 4.74 Å². The molecule has 1 rings (SSSR count). The Balaban J connectivity index is 1.94. The minimum atomic E-state index is 0.706. The highest BCUT2D eigenvalue weighted by molar-refractivity contribution is 4.78. The lowest BCUT2D eigenvalue weighted by molar-refractivity contribution is 0.135. The Morgan fingerprint density at radius 3 is 2.81 bits per heavy atom. The van der Waals surface area contributed by atoms with Crippen LogP contribution in [0.25, 0.3) is 0 Å². The van der Waals surface area contributed by atoms with Gasteiger partial charge in [0, 0.05) is 25.7 Å². The minimum absolute atomic E-state index is 0.706. The topological polar surface area (TPSA) is 24.5 Å². The van der Waals surface area contributed by atoms with Gasteiger partial charge in [-0.1, -0.05) is 6.92 Å². The molecule has 16 heavy (non-hydrogen) atoms. The number of rotatable bonds is 8. The van der Waals surface area contributed by atoms with Crippen molar-refractivity contribution in [1.82, 2.24) is 10.2 Å². The first-order valence-corrected chi connectivity index (χ1v) is 6.76. The fourth-order valence-corrected chi connectivity index (χ4v) is 2.20. The summed E-state index contributed by atoms with van der Waals surface area (Å²) in [5.41, 5.74) is 0. The Morgan fingerprint density at radius 2 is 2.19 bits per heavy atom. The Hall–Kier alpha value is -0.120. The van der Waals surface area contributed by atoms with Crippen molar-refractivity contribution in [3.63, 3.8) is 0 Å². The van der Waals surface area contributed by atoms with Crippen LogP contribution in [0.2, 0.25) is 0 Å². The van der Waals surface area contributed by atoms with Crippen molar-refractivity contribution in [2.24, 2.45) is 5.92 Å². The SMILES string of the molecule is CCCOCCNCC1CCN(C(C)C)C1. The number of nitrogens with one attached hydrogen (secondary N) is 1. The zero-order valence-corrected chi connectivity index (χ0v) is 11.2. The third-order valence-corrected chi connectivity index (χ3v) is 3.25. The van der Waals surface area contributed by atoms with E-state index in [1.807, 2.05) is 0 Å². The van der Waals surface area contributed by atoms with Gasteiger partial charge in [0.1, 0.15) is 0 Å². The molecule has 0 bridgehead atoms. The first-order chi connectivity index (χ1) is 7.74. The van der Waals surface area contributed by atoms with Crippen LogP contribution in [0.3, 0.4) is 0 Å². The predicted molar refractivity (Wildman–Crippen MR) is 68.8 cm³/mol. The molecule has 3 heteroatoms. The summed E-state index contributed by atoms with van der Waals surface area (Å²) in [6.07, 6.45) is 2.47. The normalized spacial score (nSPS) is 22.1. The van der Waals surface area contributed by atoms with Gasteiger partial charge in [-0.3, -0.25) is 0 Å². The summed E-state index contributed by atoms with van der Waals surface area (Å²) in [6, 6.07) is 0.706. The molecule has 1 fully saturated rings. The van der Waals surface area contributed by atoms with Crippen molar-refractivity contribution in [2.75, 3.05) is 39.4 Å². The fourth-order valence-electron chi connectivity index (χ4n) is 2.20. The van der Waals surface area contributed by atoms with Crippen LogP contribution in [-0.4, -0.2) is 50.3 Å². The van der Waals surface area contributed by atoms with Gasteiger partial charge in [0.05, 0.1) is 6.61 Å². The molecule has 0 aliphatic carbocycles. The lowest BCUT2D eigenvalue weighted by Crippen LogP contribution is -2.31. The van der Waals surface area contributed by atoms with E-state index < -0.39 is 0 Å². The van der Waals surface area contributed by atoms with Gasteiger partial charge in [-0.05, 0) is 45.7 Å². The van der Waals surface area contributed by atoms with Crippen molar-refractivity contribution >= 4 is 0 Å². The number of hydrogen-bond acceptors (Lipinski definition) is 3. The highest BCUT2D eigenvalue weighted by Crippen LogP contribution is 2.17. The average Bonchev–Trinajstić information content (AvgIpc) is 2.72. The van der Waals surface area contributed by atoms with Crippen molar-refractivity contribution in [3.8, 4) is 0 Å². The summed E-state index contributed by atoms with van der Waals surface area (Å²) in [6.45, 7) is 13.2. The molecule has 1 aliphatic rings. The number of hydrogen-bond donors (Lipinski definition) is 1. The molecule has 3 nitrogen and oxygen atoms in total. The van der Waals surface area contributed by atoms with Gasteiger partial charge in [-0.2, -0.15) is 0 Å². The highest BCUT2D eigenvalue weighted by atomic mass is 16.5. The first kappa shape index (κ1) is 13.9. The summed E-state index contributed by atoms with van der Waals surface area (Å²) in [7, 11) is 0. The maximum Gasteiger partial charge on any atom is 0.0590 e. The Bertz CT molecular complexity index is 173. The molecule has 0 amide bonds. The van der Waals surface area contributed by atoms with Crippen LogP contribution in [-0.2, 0) is 4.74 Å². The summed E-state index contributed by atoms with van der Waals surface area (Å²) in [4.78, 5) is 2.57. The predicted octanol–water partition coefficient (Wildman–Crippen LogP) is 1.73. The molecule has 0 saturated carbocycles. The molecule has 1 atom stereocenters. The van der Waals surface area contributed by atoms with Crippen LogP contribution < -0.4 is 5.32 Å². The van der Waals surface area contributed by atoms with E-state index >= 15 is 0 Å². The van der Waals surface area contributed by atoms with E-state index in [2.05, 4.69) is 31.0 Å². The van der Waals surface area contributed by atoms with Crippen LogP contribution in [0.5, 0.6) is 0 Å². The van der Waals surface area contributed by atoms with Gasteiger partial charge in [0.2, 0.25) is 0 Å². The molecule has 0 aromatic rings. The van der Waals surface area contributed by atoms with Crippen LogP contribution >= 0.6 is 0 Å². The Labute approximate surface area is 101 Å². The molecule has 0 aromatic heterocycles. The van der Waals surface area contributed by atoms with E-state index in [0.29, 0.717) is 6.04 Å². The largest absolute Gasteiger partial charge is 0.380 e. The average molecular weight is 228 g/mol. The van der Waals surface area contributed by atoms with Crippen molar-refractivity contribution in [2.45, 2.75) is 39.7 Å². The molecule has 1 saturated heterocycles. The van der Waals surface area contributed by atoms with Crippen LogP contribution in [0.1, 0.15) is 33.6 Å². The molecule has 1 N–H and O–H groups in total. The zero-order valence-electron chi connectivity index (χ0n) is 11.2. The van der Waals surface area contributed by atoms with Crippen LogP contribution in [0, 0.1) is 5.92 Å². The summed E-state index contributed by atoms with van der Waals surface area (Å²) in [5, 5.41) is 3.49. The fraction of sp³-hybridized carbons (Fsp3) is 1.00. The van der Waals surface area contributed by atoms with E-state index in [9.17, 15) is 0 Å². The van der Waals surface area contributed by atoms with Gasteiger partial charge in [0.25, 0.3) is 0 Å². The smallest absolute Gasteiger partial charge is 0.0590 e. The maximum atomic E-state index is 5.43. The molecule has 1 heterocycles. The van der Waals surface area contributed by atoms with Gasteiger partial charge in [-0.15, -0.1) is 0 Å². The first-order valence-electron chi connectivity index (χ1n) is 6.76.